The normalized spacial score (nSPS) is 17.0. The van der Waals surface area contributed by atoms with Crippen LogP contribution in [0.15, 0.2) is 18.3 Å². The molecule has 0 spiro atoms. The number of carbonyl (C=O) groups is 1. The second-order valence-corrected chi connectivity index (χ2v) is 3.64. The van der Waals surface area contributed by atoms with Crippen molar-refractivity contribution in [1.82, 2.24) is 9.88 Å². The van der Waals surface area contributed by atoms with E-state index in [0.717, 1.165) is 18.8 Å². The van der Waals surface area contributed by atoms with Crippen molar-refractivity contribution < 1.29 is 4.79 Å². The molecule has 2 N–H and O–H groups in total. The fourth-order valence-corrected chi connectivity index (χ4v) is 1.64. The van der Waals surface area contributed by atoms with Crippen LogP contribution in [0.2, 0.25) is 0 Å². The van der Waals surface area contributed by atoms with Crippen LogP contribution in [0.4, 0.5) is 11.5 Å². The van der Waals surface area contributed by atoms with Gasteiger partial charge in [-0.1, -0.05) is 0 Å². The number of nitrogens with zero attached hydrogens (tertiary/aromatic N) is 3. The van der Waals surface area contributed by atoms with E-state index in [1.165, 1.54) is 0 Å². The van der Waals surface area contributed by atoms with Crippen LogP contribution in [0.3, 0.4) is 0 Å². The minimum absolute atomic E-state index is 0.115. The molecule has 1 fully saturated rings. The molecule has 0 bridgehead atoms. The van der Waals surface area contributed by atoms with E-state index in [0.29, 0.717) is 12.4 Å². The molecule has 0 aliphatic carbocycles. The van der Waals surface area contributed by atoms with Crippen molar-refractivity contribution in [2.45, 2.75) is 0 Å². The van der Waals surface area contributed by atoms with Crippen LogP contribution in [0.25, 0.3) is 0 Å². The number of rotatable bonds is 1. The topological polar surface area (TPSA) is 62.5 Å². The first-order chi connectivity index (χ1) is 7.18. The number of hydrogen-bond acceptors (Lipinski definition) is 4. The molecule has 0 radical (unpaired) electrons. The molecule has 2 heterocycles. The van der Waals surface area contributed by atoms with E-state index < -0.39 is 0 Å². The molecule has 80 valence electrons. The van der Waals surface area contributed by atoms with Crippen LogP contribution < -0.4 is 10.6 Å². The average Bonchev–Trinajstić information content (AvgIpc) is 2.23. The quantitative estimate of drug-likeness (QED) is 0.699. The molecule has 5 heteroatoms. The molecule has 0 unspecified atom stereocenters. The van der Waals surface area contributed by atoms with E-state index in [1.54, 1.807) is 11.1 Å². The third kappa shape index (κ3) is 1.86. The summed E-state index contributed by atoms with van der Waals surface area (Å²) in [7, 11) is 1.81. The summed E-state index contributed by atoms with van der Waals surface area (Å²) < 4.78 is 0. The number of nitrogens with two attached hydrogens (primary N) is 1. The number of pyridine rings is 1. The molecule has 0 atom stereocenters. The molecule has 1 aromatic rings. The van der Waals surface area contributed by atoms with Crippen LogP contribution in [0.1, 0.15) is 0 Å². The van der Waals surface area contributed by atoms with Gasteiger partial charge in [0, 0.05) is 26.3 Å². The lowest BCUT2D eigenvalue weighted by Crippen LogP contribution is -2.48. The highest BCUT2D eigenvalue weighted by Gasteiger charge is 2.22. The standard InChI is InChI=1S/C10H14N4O/c1-13-5-6-14(7-9(13)15)8-3-2-4-12-10(8)11/h2-4H,5-7H2,1H3,(H2,11,12). The summed E-state index contributed by atoms with van der Waals surface area (Å²) in [4.78, 5) is 19.2. The minimum atomic E-state index is 0.115. The lowest BCUT2D eigenvalue weighted by Gasteiger charge is -2.33. The third-order valence-corrected chi connectivity index (χ3v) is 2.61. The fourth-order valence-electron chi connectivity index (χ4n) is 1.64. The Labute approximate surface area is 88.5 Å². The molecule has 1 aromatic heterocycles. The summed E-state index contributed by atoms with van der Waals surface area (Å²) in [5.41, 5.74) is 6.60. The molecule has 1 aliphatic heterocycles. The largest absolute Gasteiger partial charge is 0.382 e. The number of likely N-dealkylation sites (N-methyl/N-ethyl adjacent to an activating group) is 1. The molecule has 1 amide bonds. The SMILES string of the molecule is CN1CCN(c2cccnc2N)CC1=O. The smallest absolute Gasteiger partial charge is 0.241 e. The zero-order valence-corrected chi connectivity index (χ0v) is 8.68. The molecule has 0 aromatic carbocycles. The van der Waals surface area contributed by atoms with Crippen LogP contribution >= 0.6 is 0 Å². The first kappa shape index (κ1) is 9.76. The lowest BCUT2D eigenvalue weighted by molar-refractivity contribution is -0.129. The van der Waals surface area contributed by atoms with Crippen molar-refractivity contribution in [3.05, 3.63) is 18.3 Å². The highest BCUT2D eigenvalue weighted by atomic mass is 16.2. The maximum absolute atomic E-state index is 11.5. The zero-order chi connectivity index (χ0) is 10.8. The monoisotopic (exact) mass is 206 g/mol. The zero-order valence-electron chi connectivity index (χ0n) is 8.68. The Bertz CT molecular complexity index is 379. The Kier molecular flexibility index (Phi) is 2.45. The van der Waals surface area contributed by atoms with Gasteiger partial charge in [0.15, 0.2) is 0 Å². The molecule has 1 saturated heterocycles. The Hall–Kier alpha value is -1.78. The summed E-state index contributed by atoms with van der Waals surface area (Å²) >= 11 is 0. The maximum atomic E-state index is 11.5. The van der Waals surface area contributed by atoms with Gasteiger partial charge in [0.05, 0.1) is 12.2 Å². The first-order valence-corrected chi connectivity index (χ1v) is 4.88. The Balaban J connectivity index is 2.19. The maximum Gasteiger partial charge on any atom is 0.241 e. The lowest BCUT2D eigenvalue weighted by atomic mass is 10.2. The molecular weight excluding hydrogens is 192 g/mol. The number of aromatic nitrogens is 1. The number of carbonyl (C=O) groups excluding carboxylic acids is 1. The second-order valence-electron chi connectivity index (χ2n) is 3.64. The van der Waals surface area contributed by atoms with E-state index >= 15 is 0 Å². The van der Waals surface area contributed by atoms with Gasteiger partial charge in [-0.15, -0.1) is 0 Å². The Morgan fingerprint density at radius 3 is 2.93 bits per heavy atom. The number of hydrogen-bond donors (Lipinski definition) is 1. The summed E-state index contributed by atoms with van der Waals surface area (Å²) in [6.07, 6.45) is 1.65. The first-order valence-electron chi connectivity index (χ1n) is 4.88. The average molecular weight is 206 g/mol. The van der Waals surface area contributed by atoms with Crippen molar-refractivity contribution in [1.29, 1.82) is 0 Å². The van der Waals surface area contributed by atoms with Gasteiger partial charge in [-0.3, -0.25) is 4.79 Å². The van der Waals surface area contributed by atoms with Crippen molar-refractivity contribution in [3.63, 3.8) is 0 Å². The molecule has 15 heavy (non-hydrogen) atoms. The van der Waals surface area contributed by atoms with Gasteiger partial charge >= 0.3 is 0 Å². The number of amides is 1. The van der Waals surface area contributed by atoms with Gasteiger partial charge in [-0.2, -0.15) is 0 Å². The predicted octanol–water partition coefficient (Wildman–Crippen LogP) is -0.0578. The van der Waals surface area contributed by atoms with Crippen molar-refractivity contribution >= 4 is 17.4 Å². The van der Waals surface area contributed by atoms with Gasteiger partial charge in [0.1, 0.15) is 5.82 Å². The van der Waals surface area contributed by atoms with Crippen LogP contribution in [0, 0.1) is 0 Å². The second kappa shape index (κ2) is 3.76. The predicted molar refractivity (Wildman–Crippen MR) is 58.5 cm³/mol. The fraction of sp³-hybridized carbons (Fsp3) is 0.400. The summed E-state index contributed by atoms with van der Waals surface area (Å²) in [6, 6.07) is 3.72. The van der Waals surface area contributed by atoms with E-state index in [-0.39, 0.29) is 5.91 Å². The molecule has 1 aliphatic rings. The number of anilines is 2. The van der Waals surface area contributed by atoms with E-state index in [1.807, 2.05) is 24.1 Å². The van der Waals surface area contributed by atoms with E-state index in [9.17, 15) is 4.79 Å². The molecule has 5 nitrogen and oxygen atoms in total. The van der Waals surface area contributed by atoms with Crippen LogP contribution in [0.5, 0.6) is 0 Å². The Morgan fingerprint density at radius 1 is 1.47 bits per heavy atom. The van der Waals surface area contributed by atoms with Gasteiger partial charge in [0.2, 0.25) is 5.91 Å². The van der Waals surface area contributed by atoms with Crippen LogP contribution in [-0.4, -0.2) is 42.5 Å². The van der Waals surface area contributed by atoms with Gasteiger partial charge in [-0.05, 0) is 12.1 Å². The summed E-state index contributed by atoms with van der Waals surface area (Å²) in [6.45, 7) is 1.91. The van der Waals surface area contributed by atoms with Gasteiger partial charge in [0.25, 0.3) is 0 Å². The minimum Gasteiger partial charge on any atom is -0.382 e. The molecule has 2 rings (SSSR count). The number of piperazine rings is 1. The van der Waals surface area contributed by atoms with Crippen molar-refractivity contribution in [3.8, 4) is 0 Å². The number of nitrogen functional groups attached to an aromatic ring is 1. The summed E-state index contributed by atoms with van der Waals surface area (Å²) in [5.74, 6) is 0.597. The highest BCUT2D eigenvalue weighted by Crippen LogP contribution is 2.21. The van der Waals surface area contributed by atoms with Crippen molar-refractivity contribution in [2.24, 2.45) is 0 Å². The third-order valence-electron chi connectivity index (χ3n) is 2.61. The van der Waals surface area contributed by atoms with Crippen LogP contribution in [-0.2, 0) is 4.79 Å². The van der Waals surface area contributed by atoms with E-state index in [2.05, 4.69) is 4.98 Å². The highest BCUT2D eigenvalue weighted by molar-refractivity contribution is 5.83. The molecule has 0 saturated carbocycles. The molecular formula is C10H14N4O. The van der Waals surface area contributed by atoms with Gasteiger partial charge in [-0.25, -0.2) is 4.98 Å². The van der Waals surface area contributed by atoms with Crippen molar-refractivity contribution in [2.75, 3.05) is 37.3 Å². The van der Waals surface area contributed by atoms with Gasteiger partial charge < -0.3 is 15.5 Å². The summed E-state index contributed by atoms with van der Waals surface area (Å²) in [5, 5.41) is 0. The van der Waals surface area contributed by atoms with E-state index in [4.69, 9.17) is 5.73 Å². The Morgan fingerprint density at radius 2 is 2.27 bits per heavy atom.